The number of methoxy groups -OCH3 is 1. The molecule has 3 aromatic rings. The fraction of sp³-hybridized carbons (Fsp3) is 0.455. The molecule has 9 heteroatoms. The van der Waals surface area contributed by atoms with E-state index in [2.05, 4.69) is 20.5 Å². The zero-order chi connectivity index (χ0) is 22.3. The number of hydrogen-bond donors (Lipinski definition) is 2. The van der Waals surface area contributed by atoms with Crippen molar-refractivity contribution < 1.29 is 17.9 Å². The van der Waals surface area contributed by atoms with E-state index in [9.17, 15) is 8.42 Å². The summed E-state index contributed by atoms with van der Waals surface area (Å²) >= 11 is 0. The topological polar surface area (TPSA) is 106 Å². The third kappa shape index (κ3) is 3.99. The van der Waals surface area contributed by atoms with Gasteiger partial charge in [-0.2, -0.15) is 5.10 Å². The highest BCUT2D eigenvalue weighted by molar-refractivity contribution is 7.92. The van der Waals surface area contributed by atoms with E-state index in [4.69, 9.17) is 9.47 Å². The van der Waals surface area contributed by atoms with Crippen molar-refractivity contribution in [2.75, 3.05) is 12.4 Å². The van der Waals surface area contributed by atoms with Crippen LogP contribution in [0.4, 0.5) is 11.5 Å². The highest BCUT2D eigenvalue weighted by Gasteiger charge is 2.37. The van der Waals surface area contributed by atoms with Crippen LogP contribution in [0.5, 0.6) is 5.75 Å². The fourth-order valence-corrected chi connectivity index (χ4v) is 6.27. The summed E-state index contributed by atoms with van der Waals surface area (Å²) in [6.45, 7) is 7.74. The Balaban J connectivity index is 1.82. The molecule has 3 atom stereocenters. The standard InChI is InChI=1S/C22H28N4O4S/c1-12-8-16(9-13(2)30-12)31(27,28)21-10-17-18(24-22-14(3)15(4)25-26-22)6-7-23-19(17)11-20(21)29-5/h6-7,10-13,16H,8-9H2,1-5H3,(H2,23,24,25,26)/t12-,13+,16?. The van der Waals surface area contributed by atoms with Gasteiger partial charge in [-0.25, -0.2) is 8.42 Å². The molecule has 2 N–H and O–H groups in total. The van der Waals surface area contributed by atoms with Crippen molar-refractivity contribution in [2.24, 2.45) is 0 Å². The van der Waals surface area contributed by atoms with E-state index in [0.29, 0.717) is 35.3 Å². The van der Waals surface area contributed by atoms with Gasteiger partial charge < -0.3 is 14.8 Å². The number of pyridine rings is 1. The van der Waals surface area contributed by atoms with Gasteiger partial charge in [-0.3, -0.25) is 10.1 Å². The zero-order valence-corrected chi connectivity index (χ0v) is 19.2. The van der Waals surface area contributed by atoms with Gasteiger partial charge in [0.05, 0.1) is 35.8 Å². The first kappa shape index (κ1) is 21.6. The van der Waals surface area contributed by atoms with Crippen LogP contribution in [0, 0.1) is 13.8 Å². The van der Waals surface area contributed by atoms with Crippen LogP contribution in [-0.2, 0) is 14.6 Å². The van der Waals surface area contributed by atoms with Crippen molar-refractivity contribution in [1.82, 2.24) is 15.2 Å². The van der Waals surface area contributed by atoms with Crippen molar-refractivity contribution in [2.45, 2.75) is 62.9 Å². The molecular weight excluding hydrogens is 416 g/mol. The van der Waals surface area contributed by atoms with E-state index < -0.39 is 15.1 Å². The maximum atomic E-state index is 13.6. The molecule has 1 aliphatic rings. The van der Waals surface area contributed by atoms with Crippen LogP contribution in [0.3, 0.4) is 0 Å². The number of fused-ring (bicyclic) bond motifs is 1. The van der Waals surface area contributed by atoms with E-state index in [1.54, 1.807) is 18.3 Å². The summed E-state index contributed by atoms with van der Waals surface area (Å²) in [5.41, 5.74) is 3.33. The Hall–Kier alpha value is -2.65. The van der Waals surface area contributed by atoms with Crippen molar-refractivity contribution >= 4 is 32.2 Å². The molecule has 31 heavy (non-hydrogen) atoms. The van der Waals surface area contributed by atoms with Gasteiger partial charge in [0, 0.05) is 28.9 Å². The largest absolute Gasteiger partial charge is 0.495 e. The van der Waals surface area contributed by atoms with Gasteiger partial charge in [-0.15, -0.1) is 0 Å². The number of ether oxygens (including phenoxy) is 2. The van der Waals surface area contributed by atoms with Gasteiger partial charge in [0.25, 0.3) is 0 Å². The average Bonchev–Trinajstić information content (AvgIpc) is 3.04. The SMILES string of the molecule is COc1cc2nccc(Nc3n[nH]c(C)c3C)c2cc1S(=O)(=O)C1C[C@@H](C)O[C@@H](C)C1. The number of rotatable bonds is 5. The Morgan fingerprint density at radius 2 is 1.90 bits per heavy atom. The smallest absolute Gasteiger partial charge is 0.185 e. The van der Waals surface area contributed by atoms with Crippen LogP contribution in [0.1, 0.15) is 37.9 Å². The van der Waals surface area contributed by atoms with Crippen LogP contribution < -0.4 is 10.1 Å². The molecule has 166 valence electrons. The van der Waals surface area contributed by atoms with Crippen LogP contribution in [0.25, 0.3) is 10.9 Å². The first-order valence-electron chi connectivity index (χ1n) is 10.4. The predicted molar refractivity (Wildman–Crippen MR) is 120 cm³/mol. The number of nitrogens with zero attached hydrogens (tertiary/aromatic N) is 2. The Bertz CT molecular complexity index is 1210. The monoisotopic (exact) mass is 444 g/mol. The summed E-state index contributed by atoms with van der Waals surface area (Å²) in [6.07, 6.45) is 2.37. The minimum absolute atomic E-state index is 0.111. The quantitative estimate of drug-likeness (QED) is 0.611. The van der Waals surface area contributed by atoms with Crippen LogP contribution >= 0.6 is 0 Å². The molecule has 0 aliphatic carbocycles. The van der Waals surface area contributed by atoms with Crippen LogP contribution in [-0.4, -0.2) is 48.2 Å². The van der Waals surface area contributed by atoms with E-state index in [0.717, 1.165) is 16.9 Å². The third-order valence-electron chi connectivity index (χ3n) is 5.93. The second kappa shape index (κ2) is 8.12. The Labute approximate surface area is 182 Å². The molecule has 0 radical (unpaired) electrons. The number of aromatic nitrogens is 3. The van der Waals surface area contributed by atoms with Gasteiger partial charge in [0.2, 0.25) is 0 Å². The number of H-pyrrole nitrogens is 1. The van der Waals surface area contributed by atoms with Crippen molar-refractivity contribution in [1.29, 1.82) is 0 Å². The number of aromatic amines is 1. The lowest BCUT2D eigenvalue weighted by Crippen LogP contribution is -2.37. The van der Waals surface area contributed by atoms with Crippen LogP contribution in [0.2, 0.25) is 0 Å². The van der Waals surface area contributed by atoms with Crippen molar-refractivity contribution in [3.63, 3.8) is 0 Å². The molecule has 1 saturated heterocycles. The molecule has 0 amide bonds. The number of sulfone groups is 1. The lowest BCUT2D eigenvalue weighted by Gasteiger charge is -2.32. The summed E-state index contributed by atoms with van der Waals surface area (Å²) < 4.78 is 38.5. The first-order chi connectivity index (χ1) is 14.7. The normalized spacial score (nSPS) is 21.9. The van der Waals surface area contributed by atoms with Gasteiger partial charge in [-0.1, -0.05) is 0 Å². The molecule has 0 spiro atoms. The van der Waals surface area contributed by atoms with E-state index in [1.807, 2.05) is 33.8 Å². The molecular formula is C22H28N4O4S. The predicted octanol–water partition coefficient (Wildman–Crippen LogP) is 4.06. The third-order valence-corrected chi connectivity index (χ3v) is 8.13. The average molecular weight is 445 g/mol. The van der Waals surface area contributed by atoms with Gasteiger partial charge in [0.1, 0.15) is 10.6 Å². The van der Waals surface area contributed by atoms with Gasteiger partial charge in [0.15, 0.2) is 15.7 Å². The highest BCUT2D eigenvalue weighted by Crippen LogP contribution is 2.38. The molecule has 1 aromatic carbocycles. The fourth-order valence-electron chi connectivity index (χ4n) is 4.16. The molecule has 8 nitrogen and oxygen atoms in total. The number of benzene rings is 1. The minimum Gasteiger partial charge on any atom is -0.495 e. The summed E-state index contributed by atoms with van der Waals surface area (Å²) in [7, 11) is -2.16. The van der Waals surface area contributed by atoms with Gasteiger partial charge >= 0.3 is 0 Å². The summed E-state index contributed by atoms with van der Waals surface area (Å²) in [5, 5.41) is 10.7. The first-order valence-corrected chi connectivity index (χ1v) is 11.9. The molecule has 1 aliphatic heterocycles. The highest BCUT2D eigenvalue weighted by atomic mass is 32.2. The lowest BCUT2D eigenvalue weighted by atomic mass is 10.1. The zero-order valence-electron chi connectivity index (χ0n) is 18.4. The van der Waals surface area contributed by atoms with E-state index in [-0.39, 0.29) is 17.1 Å². The Morgan fingerprint density at radius 1 is 1.19 bits per heavy atom. The van der Waals surface area contributed by atoms with Gasteiger partial charge in [-0.05, 0) is 52.7 Å². The molecule has 0 bridgehead atoms. The molecule has 1 fully saturated rings. The molecule has 1 unspecified atom stereocenters. The second-order valence-electron chi connectivity index (χ2n) is 8.22. The minimum atomic E-state index is -3.64. The molecule has 4 rings (SSSR count). The van der Waals surface area contributed by atoms with Crippen LogP contribution in [0.15, 0.2) is 29.3 Å². The second-order valence-corrected chi connectivity index (χ2v) is 10.4. The number of aryl methyl sites for hydroxylation is 1. The maximum absolute atomic E-state index is 13.6. The number of nitrogens with one attached hydrogen (secondary N) is 2. The summed E-state index contributed by atoms with van der Waals surface area (Å²) in [4.78, 5) is 4.60. The number of anilines is 2. The lowest BCUT2D eigenvalue weighted by molar-refractivity contribution is -0.0276. The Kier molecular flexibility index (Phi) is 5.65. The van der Waals surface area contributed by atoms with Crippen molar-refractivity contribution in [3.05, 3.63) is 35.7 Å². The number of hydrogen-bond acceptors (Lipinski definition) is 7. The maximum Gasteiger partial charge on any atom is 0.185 e. The molecule has 3 heterocycles. The molecule has 2 aromatic heterocycles. The van der Waals surface area contributed by atoms with E-state index >= 15 is 0 Å². The molecule has 0 saturated carbocycles. The summed E-state index contributed by atoms with van der Waals surface area (Å²) in [6, 6.07) is 5.16. The van der Waals surface area contributed by atoms with Crippen molar-refractivity contribution in [3.8, 4) is 5.75 Å². The summed E-state index contributed by atoms with van der Waals surface area (Å²) in [5.74, 6) is 0.994. The Morgan fingerprint density at radius 3 is 2.52 bits per heavy atom. The van der Waals surface area contributed by atoms with E-state index in [1.165, 1.54) is 7.11 Å².